The molecule has 1 fully saturated rings. The van der Waals surface area contributed by atoms with Crippen molar-refractivity contribution in [2.75, 3.05) is 26.0 Å². The van der Waals surface area contributed by atoms with Gasteiger partial charge in [-0.25, -0.2) is 8.42 Å². The first-order valence-corrected chi connectivity index (χ1v) is 6.22. The highest BCUT2D eigenvalue weighted by Gasteiger charge is 2.37. The van der Waals surface area contributed by atoms with Gasteiger partial charge in [-0.1, -0.05) is 0 Å². The molecule has 0 spiro atoms. The average Bonchev–Trinajstić information content (AvgIpc) is 1.98. The molecule has 6 heteroatoms. The molecule has 1 aliphatic rings. The number of hydrogen-bond acceptors (Lipinski definition) is 4. The predicted molar refractivity (Wildman–Crippen MR) is 58.5 cm³/mol. The van der Waals surface area contributed by atoms with E-state index < -0.39 is 9.84 Å². The van der Waals surface area contributed by atoms with E-state index in [4.69, 9.17) is 10.5 Å². The zero-order valence-corrected chi connectivity index (χ0v) is 9.94. The Kier molecular flexibility index (Phi) is 5.97. The number of hydrogen-bond donors (Lipinski definition) is 1. The molecule has 86 valence electrons. The van der Waals surface area contributed by atoms with Crippen LogP contribution in [0.3, 0.4) is 0 Å². The second-order valence-electron chi connectivity index (χ2n) is 3.55. The van der Waals surface area contributed by atoms with Gasteiger partial charge in [0.15, 0.2) is 9.84 Å². The summed E-state index contributed by atoms with van der Waals surface area (Å²) in [6, 6.07) is 0. The van der Waals surface area contributed by atoms with E-state index in [9.17, 15) is 8.42 Å². The second kappa shape index (κ2) is 5.90. The maximum atomic E-state index is 11.5. The number of ether oxygens (including phenoxy) is 1. The van der Waals surface area contributed by atoms with Gasteiger partial charge in [0.2, 0.25) is 0 Å². The van der Waals surface area contributed by atoms with E-state index in [1.54, 1.807) is 0 Å². The highest BCUT2D eigenvalue weighted by molar-refractivity contribution is 7.92. The van der Waals surface area contributed by atoms with Gasteiger partial charge in [-0.2, -0.15) is 0 Å². The highest BCUT2D eigenvalue weighted by atomic mass is 35.5. The Hall–Kier alpha value is 0.160. The van der Waals surface area contributed by atoms with Crippen molar-refractivity contribution in [3.63, 3.8) is 0 Å². The fourth-order valence-corrected chi connectivity index (χ4v) is 3.39. The van der Waals surface area contributed by atoms with Crippen molar-refractivity contribution >= 4 is 22.2 Å². The van der Waals surface area contributed by atoms with Gasteiger partial charge in [0, 0.05) is 7.11 Å². The predicted octanol–water partition coefficient (Wildman–Crippen LogP) is 0.207. The fraction of sp³-hybridized carbons (Fsp3) is 1.00. The Morgan fingerprint density at radius 2 is 2.00 bits per heavy atom. The number of sulfone groups is 1. The quantitative estimate of drug-likeness (QED) is 0.749. The second-order valence-corrected chi connectivity index (χ2v) is 5.96. The summed E-state index contributed by atoms with van der Waals surface area (Å²) in [5, 5.41) is -0.156. The summed E-state index contributed by atoms with van der Waals surface area (Å²) < 4.78 is 27.8. The summed E-state index contributed by atoms with van der Waals surface area (Å²) in [6.07, 6.45) is 1.48. The molecule has 0 heterocycles. The minimum Gasteiger partial charge on any atom is -0.384 e. The topological polar surface area (TPSA) is 69.4 Å². The molecule has 0 aromatic heterocycles. The van der Waals surface area contributed by atoms with Crippen LogP contribution in [-0.4, -0.2) is 39.7 Å². The Balaban J connectivity index is 0.00000169. The third-order valence-corrected chi connectivity index (χ3v) is 4.74. The van der Waals surface area contributed by atoms with Gasteiger partial charge in [-0.3, -0.25) is 0 Å². The van der Waals surface area contributed by atoms with Gasteiger partial charge in [0.05, 0.1) is 17.6 Å². The van der Waals surface area contributed by atoms with E-state index in [2.05, 4.69) is 0 Å². The Morgan fingerprint density at radius 1 is 1.43 bits per heavy atom. The zero-order valence-electron chi connectivity index (χ0n) is 8.31. The number of methoxy groups -OCH3 is 1. The van der Waals surface area contributed by atoms with Gasteiger partial charge < -0.3 is 10.5 Å². The molecule has 0 radical (unpaired) electrons. The standard InChI is InChI=1S/C8H17NO3S.ClH/c1-12-2-3-13(10,11)8-4-7(5-8)6-9;/h7-8H,2-6,9H2,1H3;1H. The molecular formula is C8H18ClNO3S. The first-order chi connectivity index (χ1) is 6.10. The van der Waals surface area contributed by atoms with Crippen molar-refractivity contribution in [3.8, 4) is 0 Å². The molecule has 0 aromatic rings. The molecule has 0 aliphatic heterocycles. The van der Waals surface area contributed by atoms with Crippen LogP contribution in [0.15, 0.2) is 0 Å². The van der Waals surface area contributed by atoms with Crippen LogP contribution < -0.4 is 5.73 Å². The molecule has 2 N–H and O–H groups in total. The molecule has 0 bridgehead atoms. The van der Waals surface area contributed by atoms with Gasteiger partial charge >= 0.3 is 0 Å². The smallest absolute Gasteiger partial charge is 0.155 e. The first-order valence-electron chi connectivity index (χ1n) is 4.50. The van der Waals surface area contributed by atoms with Crippen LogP contribution in [-0.2, 0) is 14.6 Å². The Bertz CT molecular complexity index is 249. The third-order valence-electron chi connectivity index (χ3n) is 2.61. The van der Waals surface area contributed by atoms with E-state index in [1.165, 1.54) is 7.11 Å². The van der Waals surface area contributed by atoms with Gasteiger partial charge in [0.25, 0.3) is 0 Å². The Morgan fingerprint density at radius 3 is 2.43 bits per heavy atom. The lowest BCUT2D eigenvalue weighted by molar-refractivity contribution is 0.216. The van der Waals surface area contributed by atoms with E-state index >= 15 is 0 Å². The molecule has 0 atom stereocenters. The number of halogens is 1. The zero-order chi connectivity index (χ0) is 9.90. The largest absolute Gasteiger partial charge is 0.384 e. The molecule has 14 heavy (non-hydrogen) atoms. The van der Waals surface area contributed by atoms with Crippen molar-refractivity contribution in [1.29, 1.82) is 0 Å². The van der Waals surface area contributed by atoms with Crippen LogP contribution in [0.4, 0.5) is 0 Å². The van der Waals surface area contributed by atoms with Crippen LogP contribution in [0.25, 0.3) is 0 Å². The van der Waals surface area contributed by atoms with Crippen LogP contribution in [0.5, 0.6) is 0 Å². The van der Waals surface area contributed by atoms with Crippen molar-refractivity contribution in [1.82, 2.24) is 0 Å². The van der Waals surface area contributed by atoms with Gasteiger partial charge in [-0.05, 0) is 25.3 Å². The van der Waals surface area contributed by atoms with Crippen molar-refractivity contribution in [2.24, 2.45) is 11.7 Å². The summed E-state index contributed by atoms with van der Waals surface area (Å²) in [5.74, 6) is 0.563. The van der Waals surface area contributed by atoms with E-state index in [1.807, 2.05) is 0 Å². The van der Waals surface area contributed by atoms with E-state index in [0.29, 0.717) is 19.1 Å². The molecule has 0 aromatic carbocycles. The maximum absolute atomic E-state index is 11.5. The lowest BCUT2D eigenvalue weighted by Crippen LogP contribution is -2.41. The molecule has 1 aliphatic carbocycles. The van der Waals surface area contributed by atoms with Gasteiger partial charge in [0.1, 0.15) is 0 Å². The number of nitrogens with two attached hydrogens (primary N) is 1. The lowest BCUT2D eigenvalue weighted by atomic mass is 9.85. The van der Waals surface area contributed by atoms with E-state index in [-0.39, 0.29) is 23.4 Å². The van der Waals surface area contributed by atoms with Crippen molar-refractivity contribution < 1.29 is 13.2 Å². The average molecular weight is 244 g/mol. The van der Waals surface area contributed by atoms with Crippen molar-refractivity contribution in [3.05, 3.63) is 0 Å². The summed E-state index contributed by atoms with van der Waals surface area (Å²) in [7, 11) is -1.40. The molecule has 0 unspecified atom stereocenters. The highest BCUT2D eigenvalue weighted by Crippen LogP contribution is 2.32. The summed E-state index contributed by atoms with van der Waals surface area (Å²) in [5.41, 5.74) is 5.42. The normalized spacial score (nSPS) is 26.4. The number of rotatable bonds is 5. The monoisotopic (exact) mass is 243 g/mol. The summed E-state index contributed by atoms with van der Waals surface area (Å²) in [4.78, 5) is 0. The lowest BCUT2D eigenvalue weighted by Gasteiger charge is -2.33. The maximum Gasteiger partial charge on any atom is 0.155 e. The molecule has 0 saturated heterocycles. The van der Waals surface area contributed by atoms with Crippen LogP contribution in [0.2, 0.25) is 0 Å². The van der Waals surface area contributed by atoms with Crippen LogP contribution >= 0.6 is 12.4 Å². The fourth-order valence-electron chi connectivity index (χ4n) is 1.53. The summed E-state index contributed by atoms with van der Waals surface area (Å²) >= 11 is 0. The van der Waals surface area contributed by atoms with Crippen molar-refractivity contribution in [2.45, 2.75) is 18.1 Å². The Labute approximate surface area is 91.5 Å². The molecule has 0 amide bonds. The van der Waals surface area contributed by atoms with E-state index in [0.717, 1.165) is 12.8 Å². The molecular weight excluding hydrogens is 226 g/mol. The van der Waals surface area contributed by atoms with Crippen LogP contribution in [0.1, 0.15) is 12.8 Å². The molecule has 1 saturated carbocycles. The first kappa shape index (κ1) is 14.2. The molecule has 1 rings (SSSR count). The minimum atomic E-state index is -2.91. The summed E-state index contributed by atoms with van der Waals surface area (Å²) in [6.45, 7) is 0.905. The third kappa shape index (κ3) is 3.38. The van der Waals surface area contributed by atoms with Crippen LogP contribution in [0, 0.1) is 5.92 Å². The van der Waals surface area contributed by atoms with Gasteiger partial charge in [-0.15, -0.1) is 12.4 Å². The minimum absolute atomic E-state index is 0. The SMILES string of the molecule is COCCS(=O)(=O)C1CC(CN)C1.Cl. The molecule has 4 nitrogen and oxygen atoms in total.